The second-order valence-corrected chi connectivity index (χ2v) is 4.24. The van der Waals surface area contributed by atoms with E-state index in [1.807, 2.05) is 0 Å². The molecule has 0 saturated heterocycles. The Morgan fingerprint density at radius 3 is 2.88 bits per heavy atom. The predicted octanol–water partition coefficient (Wildman–Crippen LogP) is 0.527. The van der Waals surface area contributed by atoms with E-state index in [1.54, 1.807) is 12.4 Å². The van der Waals surface area contributed by atoms with Gasteiger partial charge in [0.1, 0.15) is 5.82 Å². The second-order valence-electron chi connectivity index (χ2n) is 4.24. The number of aliphatic carboxylic acids is 1. The molecule has 1 aromatic rings. The van der Waals surface area contributed by atoms with Crippen molar-refractivity contribution < 1.29 is 14.7 Å². The Morgan fingerprint density at radius 2 is 2.24 bits per heavy atom. The summed E-state index contributed by atoms with van der Waals surface area (Å²) in [5.74, 6) is -1.33. The molecular weight excluding hydrogens is 222 g/mol. The summed E-state index contributed by atoms with van der Waals surface area (Å²) < 4.78 is 0. The SMILES string of the molecule is O=C(O)C1CCCC1C(=O)NCc1ncc[nH]1. The molecule has 1 aliphatic rings. The molecule has 0 spiro atoms. The van der Waals surface area contributed by atoms with Gasteiger partial charge < -0.3 is 15.4 Å². The molecule has 1 heterocycles. The second kappa shape index (κ2) is 4.99. The molecule has 1 amide bonds. The zero-order valence-electron chi connectivity index (χ0n) is 9.35. The molecule has 0 bridgehead atoms. The van der Waals surface area contributed by atoms with Gasteiger partial charge in [-0.2, -0.15) is 0 Å². The van der Waals surface area contributed by atoms with Crippen LogP contribution in [0.3, 0.4) is 0 Å². The van der Waals surface area contributed by atoms with E-state index in [2.05, 4.69) is 15.3 Å². The lowest BCUT2D eigenvalue weighted by atomic mass is 9.95. The first-order chi connectivity index (χ1) is 8.18. The maximum absolute atomic E-state index is 11.8. The van der Waals surface area contributed by atoms with E-state index in [0.29, 0.717) is 25.2 Å². The monoisotopic (exact) mass is 237 g/mol. The van der Waals surface area contributed by atoms with Crippen LogP contribution in [-0.2, 0) is 16.1 Å². The van der Waals surface area contributed by atoms with Crippen LogP contribution in [0.4, 0.5) is 0 Å². The van der Waals surface area contributed by atoms with Crippen LogP contribution in [0, 0.1) is 11.8 Å². The van der Waals surface area contributed by atoms with Crippen LogP contribution in [-0.4, -0.2) is 27.0 Å². The number of hydrogen-bond acceptors (Lipinski definition) is 3. The Bertz CT molecular complexity index is 402. The molecule has 1 saturated carbocycles. The van der Waals surface area contributed by atoms with Crippen molar-refractivity contribution >= 4 is 11.9 Å². The van der Waals surface area contributed by atoms with E-state index < -0.39 is 17.8 Å². The highest BCUT2D eigenvalue weighted by Gasteiger charge is 2.37. The third-order valence-electron chi connectivity index (χ3n) is 3.15. The molecular formula is C11H15N3O3. The first-order valence-corrected chi connectivity index (χ1v) is 5.67. The minimum atomic E-state index is -0.874. The number of amides is 1. The van der Waals surface area contributed by atoms with Gasteiger partial charge in [0.25, 0.3) is 0 Å². The summed E-state index contributed by atoms with van der Waals surface area (Å²) in [6.07, 6.45) is 5.33. The smallest absolute Gasteiger partial charge is 0.307 e. The zero-order valence-corrected chi connectivity index (χ0v) is 9.35. The summed E-state index contributed by atoms with van der Waals surface area (Å²) in [7, 11) is 0. The van der Waals surface area contributed by atoms with E-state index in [-0.39, 0.29) is 5.91 Å². The number of aromatic nitrogens is 2. The molecule has 17 heavy (non-hydrogen) atoms. The highest BCUT2D eigenvalue weighted by Crippen LogP contribution is 2.31. The number of imidazole rings is 1. The summed E-state index contributed by atoms with van der Waals surface area (Å²) in [4.78, 5) is 29.6. The lowest BCUT2D eigenvalue weighted by Crippen LogP contribution is -2.35. The van der Waals surface area contributed by atoms with Crippen LogP contribution in [0.15, 0.2) is 12.4 Å². The normalized spacial score (nSPS) is 23.5. The minimum absolute atomic E-state index is 0.189. The highest BCUT2D eigenvalue weighted by molar-refractivity contribution is 5.85. The molecule has 1 aromatic heterocycles. The molecule has 6 nitrogen and oxygen atoms in total. The van der Waals surface area contributed by atoms with Gasteiger partial charge in [-0.3, -0.25) is 9.59 Å². The Balaban J connectivity index is 1.89. The average molecular weight is 237 g/mol. The minimum Gasteiger partial charge on any atom is -0.481 e. The number of nitrogens with zero attached hydrogens (tertiary/aromatic N) is 1. The van der Waals surface area contributed by atoms with Crippen molar-refractivity contribution in [2.24, 2.45) is 11.8 Å². The van der Waals surface area contributed by atoms with Crippen molar-refractivity contribution in [3.8, 4) is 0 Å². The molecule has 92 valence electrons. The first-order valence-electron chi connectivity index (χ1n) is 5.67. The van der Waals surface area contributed by atoms with Crippen LogP contribution in [0.25, 0.3) is 0 Å². The largest absolute Gasteiger partial charge is 0.481 e. The van der Waals surface area contributed by atoms with Crippen molar-refractivity contribution in [1.29, 1.82) is 0 Å². The molecule has 6 heteroatoms. The molecule has 0 aromatic carbocycles. The third-order valence-corrected chi connectivity index (χ3v) is 3.15. The Kier molecular flexibility index (Phi) is 3.41. The number of carboxylic acids is 1. The van der Waals surface area contributed by atoms with Crippen molar-refractivity contribution in [2.45, 2.75) is 25.8 Å². The number of carbonyl (C=O) groups excluding carboxylic acids is 1. The maximum atomic E-state index is 11.8. The van der Waals surface area contributed by atoms with Crippen LogP contribution >= 0.6 is 0 Å². The quantitative estimate of drug-likeness (QED) is 0.711. The molecule has 2 rings (SSSR count). The lowest BCUT2D eigenvalue weighted by molar-refractivity contribution is -0.146. The van der Waals surface area contributed by atoms with E-state index in [9.17, 15) is 9.59 Å². The van der Waals surface area contributed by atoms with Crippen LogP contribution < -0.4 is 5.32 Å². The van der Waals surface area contributed by atoms with E-state index >= 15 is 0 Å². The fraction of sp³-hybridized carbons (Fsp3) is 0.545. The van der Waals surface area contributed by atoms with Gasteiger partial charge in [0.05, 0.1) is 18.4 Å². The summed E-state index contributed by atoms with van der Waals surface area (Å²) in [6, 6.07) is 0. The van der Waals surface area contributed by atoms with Gasteiger partial charge >= 0.3 is 5.97 Å². The molecule has 3 N–H and O–H groups in total. The topological polar surface area (TPSA) is 95.1 Å². The Hall–Kier alpha value is -1.85. The van der Waals surface area contributed by atoms with Crippen LogP contribution in [0.1, 0.15) is 25.1 Å². The molecule has 0 radical (unpaired) electrons. The number of nitrogens with one attached hydrogen (secondary N) is 2. The summed E-state index contributed by atoms with van der Waals surface area (Å²) >= 11 is 0. The van der Waals surface area contributed by atoms with Crippen molar-refractivity contribution in [3.63, 3.8) is 0 Å². The maximum Gasteiger partial charge on any atom is 0.307 e. The number of carboxylic acid groups (broad SMARTS) is 1. The van der Waals surface area contributed by atoms with E-state index in [0.717, 1.165) is 6.42 Å². The fourth-order valence-electron chi connectivity index (χ4n) is 2.27. The first kappa shape index (κ1) is 11.6. The zero-order chi connectivity index (χ0) is 12.3. The lowest BCUT2D eigenvalue weighted by Gasteiger charge is -2.14. The molecule has 1 fully saturated rings. The number of H-pyrrole nitrogens is 1. The van der Waals surface area contributed by atoms with Gasteiger partial charge in [-0.05, 0) is 12.8 Å². The third kappa shape index (κ3) is 2.64. The summed E-state index contributed by atoms with van der Waals surface area (Å²) in [5.41, 5.74) is 0. The number of aromatic amines is 1. The number of carbonyl (C=O) groups is 2. The van der Waals surface area contributed by atoms with Gasteiger partial charge in [-0.15, -0.1) is 0 Å². The molecule has 1 aliphatic carbocycles. The van der Waals surface area contributed by atoms with Crippen molar-refractivity contribution in [1.82, 2.24) is 15.3 Å². The summed E-state index contributed by atoms with van der Waals surface area (Å²) in [6.45, 7) is 0.314. The van der Waals surface area contributed by atoms with Gasteiger partial charge in [0.2, 0.25) is 5.91 Å². The van der Waals surface area contributed by atoms with Gasteiger partial charge in [0.15, 0.2) is 0 Å². The standard InChI is InChI=1S/C11H15N3O3/c15-10(14-6-9-12-4-5-13-9)7-2-1-3-8(7)11(16)17/h4-5,7-8H,1-3,6H2,(H,12,13)(H,14,15)(H,16,17). The van der Waals surface area contributed by atoms with Gasteiger partial charge in [-0.1, -0.05) is 6.42 Å². The van der Waals surface area contributed by atoms with Crippen LogP contribution in [0.2, 0.25) is 0 Å². The van der Waals surface area contributed by atoms with E-state index in [4.69, 9.17) is 5.11 Å². The molecule has 2 unspecified atom stereocenters. The fourth-order valence-corrected chi connectivity index (χ4v) is 2.27. The van der Waals surface area contributed by atoms with Gasteiger partial charge in [0, 0.05) is 12.4 Å². The highest BCUT2D eigenvalue weighted by atomic mass is 16.4. The molecule has 0 aliphatic heterocycles. The van der Waals surface area contributed by atoms with Crippen molar-refractivity contribution in [3.05, 3.63) is 18.2 Å². The Morgan fingerprint density at radius 1 is 1.47 bits per heavy atom. The summed E-state index contributed by atoms with van der Waals surface area (Å²) in [5, 5.41) is 11.7. The molecule has 2 atom stereocenters. The number of hydrogen-bond donors (Lipinski definition) is 3. The predicted molar refractivity (Wildman–Crippen MR) is 58.9 cm³/mol. The van der Waals surface area contributed by atoms with Crippen LogP contribution in [0.5, 0.6) is 0 Å². The van der Waals surface area contributed by atoms with Crippen molar-refractivity contribution in [2.75, 3.05) is 0 Å². The average Bonchev–Trinajstić information content (AvgIpc) is 2.96. The number of rotatable bonds is 4. The Labute approximate surface area is 98.4 Å². The van der Waals surface area contributed by atoms with E-state index in [1.165, 1.54) is 0 Å². The van der Waals surface area contributed by atoms with Gasteiger partial charge in [-0.25, -0.2) is 4.98 Å².